The minimum atomic E-state index is -3.06. The summed E-state index contributed by atoms with van der Waals surface area (Å²) in [4.78, 5) is 20.0. The third-order valence-corrected chi connectivity index (χ3v) is 6.89. The van der Waals surface area contributed by atoms with Crippen molar-refractivity contribution in [3.8, 4) is 0 Å². The fourth-order valence-corrected chi connectivity index (χ4v) is 5.84. The van der Waals surface area contributed by atoms with Gasteiger partial charge in [-0.15, -0.1) is 0 Å². The van der Waals surface area contributed by atoms with Crippen LogP contribution < -0.4 is 4.90 Å². The van der Waals surface area contributed by atoms with E-state index in [1.165, 1.54) is 11.8 Å². The minimum Gasteiger partial charge on any atom is -0.348 e. The van der Waals surface area contributed by atoms with E-state index in [0.717, 1.165) is 16.4 Å². The summed E-state index contributed by atoms with van der Waals surface area (Å²) in [6, 6.07) is 7.54. The summed E-state index contributed by atoms with van der Waals surface area (Å²) < 4.78 is 23.9. The van der Waals surface area contributed by atoms with Gasteiger partial charge in [-0.2, -0.15) is 0 Å². The molecule has 24 heavy (non-hydrogen) atoms. The zero-order valence-electron chi connectivity index (χ0n) is 14.0. The van der Waals surface area contributed by atoms with Gasteiger partial charge in [0.2, 0.25) is 5.91 Å². The molecule has 0 bridgehead atoms. The number of thioether (sulfide) groups is 1. The molecule has 2 atom stereocenters. The molecule has 0 radical (unpaired) electrons. The number of benzene rings is 1. The molecular formula is C16H21N3O3S2. The number of hydrogen-bond donors (Lipinski definition) is 0. The highest BCUT2D eigenvalue weighted by molar-refractivity contribution is 8.14. The van der Waals surface area contributed by atoms with E-state index in [9.17, 15) is 13.2 Å². The topological polar surface area (TPSA) is 70.1 Å². The summed E-state index contributed by atoms with van der Waals surface area (Å²) in [5.74, 6) is 0.503. The summed E-state index contributed by atoms with van der Waals surface area (Å²) in [6.07, 6.45) is 0. The Morgan fingerprint density at radius 2 is 1.96 bits per heavy atom. The number of carbonyl (C=O) groups is 1. The molecule has 1 aromatic carbocycles. The lowest BCUT2D eigenvalue weighted by Gasteiger charge is -2.26. The molecule has 130 valence electrons. The smallest absolute Gasteiger partial charge is 0.232 e. The molecule has 0 unspecified atom stereocenters. The van der Waals surface area contributed by atoms with Crippen LogP contribution in [0.2, 0.25) is 0 Å². The first kappa shape index (κ1) is 17.3. The van der Waals surface area contributed by atoms with Gasteiger partial charge in [0.15, 0.2) is 15.0 Å². The van der Waals surface area contributed by atoms with Crippen LogP contribution in [0, 0.1) is 6.92 Å². The highest BCUT2D eigenvalue weighted by Gasteiger charge is 2.47. The zero-order valence-corrected chi connectivity index (χ0v) is 15.6. The summed E-state index contributed by atoms with van der Waals surface area (Å²) >= 11 is 1.37. The van der Waals surface area contributed by atoms with E-state index in [4.69, 9.17) is 0 Å². The molecule has 0 N–H and O–H groups in total. The fraction of sp³-hybridized carbons (Fsp3) is 0.500. The van der Waals surface area contributed by atoms with Crippen molar-refractivity contribution in [3.05, 3.63) is 29.8 Å². The average Bonchev–Trinajstić information content (AvgIpc) is 2.97. The van der Waals surface area contributed by atoms with E-state index < -0.39 is 9.84 Å². The van der Waals surface area contributed by atoms with Crippen LogP contribution in [0.1, 0.15) is 5.56 Å². The molecule has 0 aromatic heterocycles. The second kappa shape index (κ2) is 6.40. The maximum absolute atomic E-state index is 12.0. The molecule has 1 fully saturated rings. The summed E-state index contributed by atoms with van der Waals surface area (Å²) in [5.41, 5.74) is 2.07. The molecule has 2 aliphatic rings. The first-order valence-electron chi connectivity index (χ1n) is 7.74. The second-order valence-corrected chi connectivity index (χ2v) is 9.50. The van der Waals surface area contributed by atoms with E-state index in [0.29, 0.717) is 5.75 Å². The number of aryl methyl sites for hydroxylation is 1. The Bertz CT molecular complexity index is 772. The molecule has 0 aliphatic carbocycles. The maximum atomic E-state index is 12.0. The van der Waals surface area contributed by atoms with Crippen LogP contribution in [-0.2, 0) is 14.6 Å². The van der Waals surface area contributed by atoms with E-state index in [-0.39, 0.29) is 29.5 Å². The van der Waals surface area contributed by atoms with Crippen molar-refractivity contribution in [1.82, 2.24) is 4.90 Å². The highest BCUT2D eigenvalue weighted by Crippen LogP contribution is 2.35. The normalized spacial score (nSPS) is 24.6. The maximum Gasteiger partial charge on any atom is 0.232 e. The standard InChI is InChI=1S/C16H21N3O3S2/c1-11-4-6-12(7-5-11)19-14-10-24(21,22)9-13(14)17-16(19)23-8-15(20)18(2)3/h4-7,13-14H,8-10H2,1-3H3/t13-,14+/m1/s1. The van der Waals surface area contributed by atoms with E-state index in [2.05, 4.69) is 4.99 Å². The Labute approximate surface area is 146 Å². The molecule has 0 saturated carbocycles. The SMILES string of the molecule is Cc1ccc(N2C(SCC(=O)N(C)C)=N[C@@H]3CS(=O)(=O)C[C@@H]32)cc1. The summed E-state index contributed by atoms with van der Waals surface area (Å²) in [7, 11) is 0.385. The van der Waals surface area contributed by atoms with Gasteiger partial charge in [-0.1, -0.05) is 29.5 Å². The van der Waals surface area contributed by atoms with Crippen molar-refractivity contribution < 1.29 is 13.2 Å². The Morgan fingerprint density at radius 1 is 1.29 bits per heavy atom. The Morgan fingerprint density at radius 3 is 2.58 bits per heavy atom. The van der Waals surface area contributed by atoms with Crippen LogP contribution in [-0.4, -0.2) is 67.8 Å². The fourth-order valence-electron chi connectivity index (χ4n) is 2.90. The Hall–Kier alpha value is -1.54. The van der Waals surface area contributed by atoms with Crippen LogP contribution in [0.15, 0.2) is 29.3 Å². The van der Waals surface area contributed by atoms with E-state index in [1.807, 2.05) is 36.1 Å². The lowest BCUT2D eigenvalue weighted by atomic mass is 10.1. The number of hydrogen-bond acceptors (Lipinski definition) is 6. The summed E-state index contributed by atoms with van der Waals surface area (Å²) in [5, 5.41) is 0.735. The number of anilines is 1. The van der Waals surface area contributed by atoms with Gasteiger partial charge >= 0.3 is 0 Å². The van der Waals surface area contributed by atoms with Crippen LogP contribution in [0.25, 0.3) is 0 Å². The molecule has 6 nitrogen and oxygen atoms in total. The minimum absolute atomic E-state index is 0.0104. The first-order chi connectivity index (χ1) is 11.3. The number of nitrogens with zero attached hydrogens (tertiary/aromatic N) is 3. The van der Waals surface area contributed by atoms with Crippen molar-refractivity contribution in [2.24, 2.45) is 4.99 Å². The van der Waals surface area contributed by atoms with Crippen LogP contribution in [0.3, 0.4) is 0 Å². The predicted molar refractivity (Wildman–Crippen MR) is 98.5 cm³/mol. The second-order valence-electron chi connectivity index (χ2n) is 6.41. The third-order valence-electron chi connectivity index (χ3n) is 4.24. The number of amides is 1. The van der Waals surface area contributed by atoms with Crippen molar-refractivity contribution in [3.63, 3.8) is 0 Å². The summed E-state index contributed by atoms with van der Waals surface area (Å²) in [6.45, 7) is 2.01. The van der Waals surface area contributed by atoms with Crippen molar-refractivity contribution in [2.45, 2.75) is 19.0 Å². The molecule has 2 heterocycles. The van der Waals surface area contributed by atoms with E-state index in [1.54, 1.807) is 19.0 Å². The van der Waals surface area contributed by atoms with Gasteiger partial charge < -0.3 is 9.80 Å². The van der Waals surface area contributed by atoms with Gasteiger partial charge in [-0.05, 0) is 19.1 Å². The third kappa shape index (κ3) is 3.44. The van der Waals surface area contributed by atoms with Gasteiger partial charge in [0.25, 0.3) is 0 Å². The molecule has 1 saturated heterocycles. The van der Waals surface area contributed by atoms with Gasteiger partial charge in [0, 0.05) is 19.8 Å². The Kier molecular flexibility index (Phi) is 4.61. The van der Waals surface area contributed by atoms with E-state index >= 15 is 0 Å². The number of fused-ring (bicyclic) bond motifs is 1. The predicted octanol–water partition coefficient (Wildman–Crippen LogP) is 1.16. The monoisotopic (exact) mass is 367 g/mol. The first-order valence-corrected chi connectivity index (χ1v) is 10.5. The lowest BCUT2D eigenvalue weighted by Crippen LogP contribution is -2.39. The molecule has 2 aliphatic heterocycles. The van der Waals surface area contributed by atoms with Crippen LogP contribution in [0.5, 0.6) is 0 Å². The zero-order chi connectivity index (χ0) is 17.5. The van der Waals surface area contributed by atoms with Gasteiger partial charge in [-0.3, -0.25) is 9.79 Å². The molecule has 1 amide bonds. The molecule has 8 heteroatoms. The number of aliphatic imine (C=N–C) groups is 1. The van der Waals surface area contributed by atoms with Gasteiger partial charge in [0.1, 0.15) is 0 Å². The van der Waals surface area contributed by atoms with Gasteiger partial charge in [-0.25, -0.2) is 8.42 Å². The quantitative estimate of drug-likeness (QED) is 0.802. The van der Waals surface area contributed by atoms with Crippen molar-refractivity contribution in [1.29, 1.82) is 0 Å². The molecule has 1 aromatic rings. The van der Waals surface area contributed by atoms with Gasteiger partial charge in [0.05, 0.1) is 29.3 Å². The van der Waals surface area contributed by atoms with Crippen molar-refractivity contribution >= 4 is 38.4 Å². The largest absolute Gasteiger partial charge is 0.348 e. The van der Waals surface area contributed by atoms with Crippen LogP contribution in [0.4, 0.5) is 5.69 Å². The van der Waals surface area contributed by atoms with Crippen molar-refractivity contribution in [2.75, 3.05) is 36.3 Å². The highest BCUT2D eigenvalue weighted by atomic mass is 32.2. The number of amidine groups is 1. The molecule has 0 spiro atoms. The molecule has 3 rings (SSSR count). The Balaban J connectivity index is 1.87. The molecular weight excluding hydrogens is 346 g/mol. The average molecular weight is 367 g/mol. The lowest BCUT2D eigenvalue weighted by molar-refractivity contribution is -0.125. The number of carbonyl (C=O) groups excluding carboxylic acids is 1. The number of rotatable bonds is 3. The number of sulfone groups is 1. The van der Waals surface area contributed by atoms with Crippen LogP contribution >= 0.6 is 11.8 Å².